The second kappa shape index (κ2) is 9.13. The largest absolute Gasteiger partial charge is 0.383 e. The second-order valence-electron chi connectivity index (χ2n) is 4.35. The summed E-state index contributed by atoms with van der Waals surface area (Å²) >= 11 is 6.18. The van der Waals surface area contributed by atoms with Gasteiger partial charge in [-0.1, -0.05) is 18.5 Å². The first-order valence-electron chi connectivity index (χ1n) is 6.82. The molecule has 0 saturated heterocycles. The highest BCUT2D eigenvalue weighted by molar-refractivity contribution is 6.31. The van der Waals surface area contributed by atoms with Gasteiger partial charge in [0, 0.05) is 26.7 Å². The van der Waals surface area contributed by atoms with Crippen molar-refractivity contribution in [2.75, 3.05) is 38.3 Å². The molecule has 4 nitrogen and oxygen atoms in total. The number of likely N-dealkylation sites (N-methyl/N-ethyl adjacent to an activating group) is 1. The fraction of sp³-hybridized carbons (Fsp3) is 0.643. The Bertz CT molecular complexity index is 374. The number of nitrogens with zero attached hydrogens (tertiary/aromatic N) is 2. The van der Waals surface area contributed by atoms with Crippen LogP contribution in [0.3, 0.4) is 0 Å². The SMILES string of the molecule is CCCNCc1nc(N(CC)CCOC)ccc1Cl. The Morgan fingerprint density at radius 2 is 2.16 bits per heavy atom. The van der Waals surface area contributed by atoms with E-state index in [1.807, 2.05) is 12.1 Å². The van der Waals surface area contributed by atoms with Gasteiger partial charge in [0.2, 0.25) is 0 Å². The Labute approximate surface area is 121 Å². The Morgan fingerprint density at radius 1 is 1.37 bits per heavy atom. The summed E-state index contributed by atoms with van der Waals surface area (Å²) in [6, 6.07) is 3.88. The first-order chi connectivity index (χ1) is 9.22. The Hall–Kier alpha value is -0.840. The van der Waals surface area contributed by atoms with Gasteiger partial charge in [0.15, 0.2) is 0 Å². The van der Waals surface area contributed by atoms with Crippen LogP contribution in [-0.2, 0) is 11.3 Å². The quantitative estimate of drug-likeness (QED) is 0.708. The average molecular weight is 286 g/mol. The number of halogens is 1. The smallest absolute Gasteiger partial charge is 0.129 e. The predicted octanol–water partition coefficient (Wildman–Crippen LogP) is 2.71. The minimum absolute atomic E-state index is 0.696. The first-order valence-corrected chi connectivity index (χ1v) is 7.20. The molecule has 1 aromatic heterocycles. The number of hydrogen-bond donors (Lipinski definition) is 1. The first kappa shape index (κ1) is 16.2. The number of methoxy groups -OCH3 is 1. The minimum Gasteiger partial charge on any atom is -0.383 e. The molecule has 0 aliphatic heterocycles. The summed E-state index contributed by atoms with van der Waals surface area (Å²) in [6.45, 7) is 8.37. The lowest BCUT2D eigenvalue weighted by Gasteiger charge is -2.22. The van der Waals surface area contributed by atoms with Crippen molar-refractivity contribution in [3.63, 3.8) is 0 Å². The zero-order chi connectivity index (χ0) is 14.1. The lowest BCUT2D eigenvalue weighted by atomic mass is 10.3. The maximum absolute atomic E-state index is 6.18. The maximum atomic E-state index is 6.18. The molecule has 0 bridgehead atoms. The fourth-order valence-electron chi connectivity index (χ4n) is 1.79. The van der Waals surface area contributed by atoms with E-state index in [1.54, 1.807) is 7.11 Å². The van der Waals surface area contributed by atoms with Gasteiger partial charge in [0.1, 0.15) is 5.82 Å². The van der Waals surface area contributed by atoms with Gasteiger partial charge in [-0.2, -0.15) is 0 Å². The summed E-state index contributed by atoms with van der Waals surface area (Å²) in [4.78, 5) is 6.83. The highest BCUT2D eigenvalue weighted by atomic mass is 35.5. The molecule has 108 valence electrons. The third-order valence-electron chi connectivity index (χ3n) is 2.89. The minimum atomic E-state index is 0.696. The van der Waals surface area contributed by atoms with Crippen molar-refractivity contribution in [3.8, 4) is 0 Å². The van der Waals surface area contributed by atoms with Crippen molar-refractivity contribution in [3.05, 3.63) is 22.8 Å². The van der Waals surface area contributed by atoms with Crippen LogP contribution < -0.4 is 10.2 Å². The van der Waals surface area contributed by atoms with Gasteiger partial charge in [0.05, 0.1) is 17.3 Å². The van der Waals surface area contributed by atoms with E-state index in [4.69, 9.17) is 16.3 Å². The molecule has 0 atom stereocenters. The molecule has 0 spiro atoms. The Kier molecular flexibility index (Phi) is 7.79. The van der Waals surface area contributed by atoms with Crippen molar-refractivity contribution in [1.29, 1.82) is 0 Å². The predicted molar refractivity (Wildman–Crippen MR) is 81.0 cm³/mol. The molecule has 0 amide bonds. The summed E-state index contributed by atoms with van der Waals surface area (Å²) in [5.41, 5.74) is 0.906. The molecular formula is C14H24ClN3O. The number of ether oxygens (including phenoxy) is 1. The molecule has 0 unspecified atom stereocenters. The normalized spacial score (nSPS) is 10.7. The van der Waals surface area contributed by atoms with E-state index in [0.717, 1.165) is 42.6 Å². The molecule has 0 saturated carbocycles. The van der Waals surface area contributed by atoms with Crippen LogP contribution in [0.2, 0.25) is 5.02 Å². The van der Waals surface area contributed by atoms with Gasteiger partial charge < -0.3 is 15.0 Å². The summed E-state index contributed by atoms with van der Waals surface area (Å²) in [5, 5.41) is 4.05. The number of hydrogen-bond acceptors (Lipinski definition) is 4. The monoisotopic (exact) mass is 285 g/mol. The average Bonchev–Trinajstić information content (AvgIpc) is 2.43. The summed E-state index contributed by atoms with van der Waals surface area (Å²) in [5.74, 6) is 0.956. The van der Waals surface area contributed by atoms with Gasteiger partial charge >= 0.3 is 0 Å². The molecule has 0 aliphatic carbocycles. The van der Waals surface area contributed by atoms with E-state index in [0.29, 0.717) is 13.2 Å². The van der Waals surface area contributed by atoms with Crippen molar-refractivity contribution in [2.45, 2.75) is 26.8 Å². The summed E-state index contributed by atoms with van der Waals surface area (Å²) < 4.78 is 5.12. The number of aromatic nitrogens is 1. The molecule has 1 rings (SSSR count). The topological polar surface area (TPSA) is 37.4 Å². The van der Waals surface area contributed by atoms with Crippen LogP contribution in [0.15, 0.2) is 12.1 Å². The van der Waals surface area contributed by atoms with Crippen LogP contribution in [0.1, 0.15) is 26.0 Å². The van der Waals surface area contributed by atoms with E-state index < -0.39 is 0 Å². The lowest BCUT2D eigenvalue weighted by molar-refractivity contribution is 0.205. The zero-order valence-electron chi connectivity index (χ0n) is 12.1. The van der Waals surface area contributed by atoms with Gasteiger partial charge in [-0.3, -0.25) is 0 Å². The molecule has 0 aromatic carbocycles. The third kappa shape index (κ3) is 5.35. The van der Waals surface area contributed by atoms with Gasteiger partial charge in [-0.15, -0.1) is 0 Å². The molecule has 5 heteroatoms. The number of anilines is 1. The fourth-order valence-corrected chi connectivity index (χ4v) is 1.96. The Morgan fingerprint density at radius 3 is 2.79 bits per heavy atom. The molecular weight excluding hydrogens is 262 g/mol. The van der Waals surface area contributed by atoms with Gasteiger partial charge in [-0.25, -0.2) is 4.98 Å². The van der Waals surface area contributed by atoms with Crippen LogP contribution in [0.25, 0.3) is 0 Å². The van der Waals surface area contributed by atoms with Crippen LogP contribution in [-0.4, -0.2) is 38.3 Å². The summed E-state index contributed by atoms with van der Waals surface area (Å²) in [6.07, 6.45) is 1.10. The van der Waals surface area contributed by atoms with Crippen LogP contribution in [0.4, 0.5) is 5.82 Å². The molecule has 0 fully saturated rings. The molecule has 1 aromatic rings. The maximum Gasteiger partial charge on any atom is 0.129 e. The lowest BCUT2D eigenvalue weighted by Crippen LogP contribution is -2.28. The molecule has 0 radical (unpaired) electrons. The third-order valence-corrected chi connectivity index (χ3v) is 3.24. The van der Waals surface area contributed by atoms with E-state index >= 15 is 0 Å². The van der Waals surface area contributed by atoms with E-state index in [-0.39, 0.29) is 0 Å². The van der Waals surface area contributed by atoms with Crippen LogP contribution in [0, 0.1) is 0 Å². The number of nitrogens with one attached hydrogen (secondary N) is 1. The van der Waals surface area contributed by atoms with E-state index in [1.165, 1.54) is 0 Å². The highest BCUT2D eigenvalue weighted by Crippen LogP contribution is 2.19. The van der Waals surface area contributed by atoms with Crippen molar-refractivity contribution >= 4 is 17.4 Å². The van der Waals surface area contributed by atoms with Gasteiger partial charge in [0.25, 0.3) is 0 Å². The molecule has 1 heterocycles. The van der Waals surface area contributed by atoms with Crippen LogP contribution >= 0.6 is 11.6 Å². The van der Waals surface area contributed by atoms with Crippen molar-refractivity contribution < 1.29 is 4.74 Å². The van der Waals surface area contributed by atoms with Crippen molar-refractivity contribution in [2.24, 2.45) is 0 Å². The Balaban J connectivity index is 2.74. The number of pyridine rings is 1. The standard InChI is InChI=1S/C14H24ClN3O/c1-4-8-16-11-13-12(15)6-7-14(17-13)18(5-2)9-10-19-3/h6-7,16H,4-5,8-11H2,1-3H3. The second-order valence-corrected chi connectivity index (χ2v) is 4.75. The highest BCUT2D eigenvalue weighted by Gasteiger charge is 2.09. The van der Waals surface area contributed by atoms with Crippen molar-refractivity contribution in [1.82, 2.24) is 10.3 Å². The zero-order valence-corrected chi connectivity index (χ0v) is 12.8. The molecule has 1 N–H and O–H groups in total. The van der Waals surface area contributed by atoms with Gasteiger partial charge in [-0.05, 0) is 32.0 Å². The van der Waals surface area contributed by atoms with E-state index in [2.05, 4.69) is 29.0 Å². The number of rotatable bonds is 9. The van der Waals surface area contributed by atoms with Crippen LogP contribution in [0.5, 0.6) is 0 Å². The van der Waals surface area contributed by atoms with E-state index in [9.17, 15) is 0 Å². The molecule has 19 heavy (non-hydrogen) atoms. The summed E-state index contributed by atoms with van der Waals surface area (Å²) in [7, 11) is 1.71. The molecule has 0 aliphatic rings.